The van der Waals surface area contributed by atoms with E-state index in [-0.39, 0.29) is 6.61 Å². The Morgan fingerprint density at radius 2 is 1.73 bits per heavy atom. The number of benzene rings is 3. The zero-order valence-electron chi connectivity index (χ0n) is 16.2. The highest BCUT2D eigenvalue weighted by Gasteiger charge is 2.11. The van der Waals surface area contributed by atoms with Crippen LogP contribution in [-0.2, 0) is 4.79 Å². The van der Waals surface area contributed by atoms with Gasteiger partial charge in [-0.05, 0) is 48.9 Å². The Kier molecular flexibility index (Phi) is 7.34. The summed E-state index contributed by atoms with van der Waals surface area (Å²) in [5, 5.41) is 3.94. The third-order valence-corrected chi connectivity index (χ3v) is 4.52. The highest BCUT2D eigenvalue weighted by molar-refractivity contribution is 9.10. The van der Waals surface area contributed by atoms with Crippen molar-refractivity contribution in [3.63, 3.8) is 0 Å². The van der Waals surface area contributed by atoms with Crippen LogP contribution >= 0.6 is 15.9 Å². The fraction of sp³-hybridized carbons (Fsp3) is 0.0870. The minimum Gasteiger partial charge on any atom is -0.483 e. The number of hydrogen-bond donors (Lipinski definition) is 1. The summed E-state index contributed by atoms with van der Waals surface area (Å²) in [5.74, 6) is 0.0653. The minimum absolute atomic E-state index is 0.170. The van der Waals surface area contributed by atoms with Gasteiger partial charge in [0.15, 0.2) is 6.61 Å². The highest BCUT2D eigenvalue weighted by atomic mass is 79.9. The third kappa shape index (κ3) is 6.02. The summed E-state index contributed by atoms with van der Waals surface area (Å²) >= 11 is 3.38. The van der Waals surface area contributed by atoms with E-state index < -0.39 is 11.9 Å². The van der Waals surface area contributed by atoms with Gasteiger partial charge in [0.25, 0.3) is 5.91 Å². The fourth-order valence-electron chi connectivity index (χ4n) is 2.51. The first-order chi connectivity index (χ1) is 14.5. The van der Waals surface area contributed by atoms with Crippen molar-refractivity contribution in [1.29, 1.82) is 0 Å². The lowest BCUT2D eigenvalue weighted by atomic mass is 10.2. The summed E-state index contributed by atoms with van der Waals surface area (Å²) in [6.07, 6.45) is 1.41. The number of amides is 1. The molecule has 0 fully saturated rings. The van der Waals surface area contributed by atoms with Crippen molar-refractivity contribution >= 4 is 34.0 Å². The Balaban J connectivity index is 1.62. The van der Waals surface area contributed by atoms with Gasteiger partial charge in [0, 0.05) is 10.0 Å². The fourth-order valence-corrected chi connectivity index (χ4v) is 2.89. The van der Waals surface area contributed by atoms with Gasteiger partial charge in [-0.1, -0.05) is 52.3 Å². The van der Waals surface area contributed by atoms with Gasteiger partial charge in [-0.25, -0.2) is 10.2 Å². The molecular formula is C23H19BrN2O4. The lowest BCUT2D eigenvalue weighted by Crippen LogP contribution is -2.24. The molecule has 0 saturated carbocycles. The topological polar surface area (TPSA) is 77.0 Å². The van der Waals surface area contributed by atoms with Crippen molar-refractivity contribution in [1.82, 2.24) is 5.43 Å². The largest absolute Gasteiger partial charge is 0.483 e. The first-order valence-corrected chi connectivity index (χ1v) is 9.89. The summed E-state index contributed by atoms with van der Waals surface area (Å²) in [6.45, 7) is 1.73. The molecule has 0 saturated heterocycles. The van der Waals surface area contributed by atoms with Crippen LogP contribution in [0.15, 0.2) is 82.4 Å². The molecule has 0 radical (unpaired) electrons. The monoisotopic (exact) mass is 466 g/mol. The second-order valence-corrected chi connectivity index (χ2v) is 7.20. The highest BCUT2D eigenvalue weighted by Crippen LogP contribution is 2.23. The number of nitrogens with zero attached hydrogens (tertiary/aromatic N) is 1. The van der Waals surface area contributed by atoms with Gasteiger partial charge >= 0.3 is 5.97 Å². The molecule has 3 aromatic rings. The molecule has 0 aromatic heterocycles. The number of para-hydroxylation sites is 1. The van der Waals surface area contributed by atoms with E-state index in [9.17, 15) is 9.59 Å². The molecule has 1 N–H and O–H groups in total. The van der Waals surface area contributed by atoms with Gasteiger partial charge in [-0.3, -0.25) is 4.79 Å². The SMILES string of the molecule is Cc1ccccc1OCC(=O)N/N=C/c1cc(Br)ccc1OC(=O)c1ccccc1. The average Bonchev–Trinajstić information content (AvgIpc) is 2.75. The summed E-state index contributed by atoms with van der Waals surface area (Å²) < 4.78 is 11.7. The number of halogens is 1. The molecule has 6 nitrogen and oxygen atoms in total. The second kappa shape index (κ2) is 10.4. The van der Waals surface area contributed by atoms with Crippen LogP contribution in [0.5, 0.6) is 11.5 Å². The molecular weight excluding hydrogens is 448 g/mol. The zero-order chi connectivity index (χ0) is 21.3. The first kappa shape index (κ1) is 21.3. The Hall–Kier alpha value is -3.45. The average molecular weight is 467 g/mol. The standard InChI is InChI=1S/C23H19BrN2O4/c1-16-7-5-6-10-20(16)29-15-22(27)26-25-14-18-13-19(24)11-12-21(18)30-23(28)17-8-3-2-4-9-17/h2-14H,15H2,1H3,(H,26,27)/b25-14+. The molecule has 0 aliphatic rings. The van der Waals surface area contributed by atoms with E-state index in [2.05, 4.69) is 26.5 Å². The van der Waals surface area contributed by atoms with Crippen LogP contribution in [0.4, 0.5) is 0 Å². The molecule has 7 heteroatoms. The van der Waals surface area contributed by atoms with E-state index >= 15 is 0 Å². The van der Waals surface area contributed by atoms with Crippen LogP contribution in [0.1, 0.15) is 21.5 Å². The molecule has 3 aromatic carbocycles. The summed E-state index contributed by atoms with van der Waals surface area (Å²) in [4.78, 5) is 24.3. The van der Waals surface area contributed by atoms with Crippen LogP contribution in [0, 0.1) is 6.92 Å². The Labute approximate surface area is 182 Å². The van der Waals surface area contributed by atoms with Crippen molar-refractivity contribution in [2.75, 3.05) is 6.61 Å². The summed E-state index contributed by atoms with van der Waals surface area (Å²) in [5.41, 5.74) is 4.30. The number of aryl methyl sites for hydroxylation is 1. The van der Waals surface area contributed by atoms with Crippen molar-refractivity contribution < 1.29 is 19.1 Å². The Morgan fingerprint density at radius 1 is 1.00 bits per heavy atom. The predicted octanol–water partition coefficient (Wildman–Crippen LogP) is 4.51. The quantitative estimate of drug-likeness (QED) is 0.240. The number of carbonyl (C=O) groups is 2. The third-order valence-electron chi connectivity index (χ3n) is 4.03. The van der Waals surface area contributed by atoms with Crippen LogP contribution in [0.25, 0.3) is 0 Å². The van der Waals surface area contributed by atoms with Crippen LogP contribution < -0.4 is 14.9 Å². The summed E-state index contributed by atoms with van der Waals surface area (Å²) in [6, 6.07) is 21.2. The van der Waals surface area contributed by atoms with Gasteiger partial charge < -0.3 is 9.47 Å². The number of carbonyl (C=O) groups excluding carboxylic acids is 2. The Bertz CT molecular complexity index is 1070. The maximum Gasteiger partial charge on any atom is 0.343 e. The molecule has 0 aliphatic heterocycles. The molecule has 30 heavy (non-hydrogen) atoms. The van der Waals surface area contributed by atoms with E-state index in [4.69, 9.17) is 9.47 Å². The van der Waals surface area contributed by atoms with Crippen molar-refractivity contribution in [3.05, 3.63) is 94.0 Å². The first-order valence-electron chi connectivity index (χ1n) is 9.10. The molecule has 0 bridgehead atoms. The van der Waals surface area contributed by atoms with Gasteiger partial charge in [0.05, 0.1) is 11.8 Å². The number of hydrazone groups is 1. The Morgan fingerprint density at radius 3 is 2.50 bits per heavy atom. The molecule has 1 amide bonds. The molecule has 0 heterocycles. The molecule has 0 atom stereocenters. The maximum absolute atomic E-state index is 12.3. The van der Waals surface area contributed by atoms with Gasteiger partial charge in [0.2, 0.25) is 0 Å². The molecule has 0 spiro atoms. The van der Waals surface area contributed by atoms with E-state index in [0.29, 0.717) is 22.6 Å². The molecule has 152 valence electrons. The van der Waals surface area contributed by atoms with Gasteiger partial charge in [-0.15, -0.1) is 0 Å². The molecule has 0 unspecified atom stereocenters. The van der Waals surface area contributed by atoms with Crippen LogP contribution in [-0.4, -0.2) is 24.7 Å². The minimum atomic E-state index is -0.483. The normalized spacial score (nSPS) is 10.6. The zero-order valence-corrected chi connectivity index (χ0v) is 17.8. The van der Waals surface area contributed by atoms with Gasteiger partial charge in [-0.2, -0.15) is 5.10 Å². The van der Waals surface area contributed by atoms with E-state index in [1.54, 1.807) is 48.5 Å². The van der Waals surface area contributed by atoms with Crippen molar-refractivity contribution in [2.45, 2.75) is 6.92 Å². The smallest absolute Gasteiger partial charge is 0.343 e. The van der Waals surface area contributed by atoms with Crippen LogP contribution in [0.2, 0.25) is 0 Å². The van der Waals surface area contributed by atoms with E-state index in [0.717, 1.165) is 10.0 Å². The number of ether oxygens (including phenoxy) is 2. The van der Waals surface area contributed by atoms with Gasteiger partial charge in [0.1, 0.15) is 11.5 Å². The van der Waals surface area contributed by atoms with E-state index in [1.165, 1.54) is 6.21 Å². The number of hydrogen-bond acceptors (Lipinski definition) is 5. The maximum atomic E-state index is 12.3. The van der Waals surface area contributed by atoms with Crippen molar-refractivity contribution in [2.24, 2.45) is 5.10 Å². The van der Waals surface area contributed by atoms with Crippen LogP contribution in [0.3, 0.4) is 0 Å². The molecule has 3 rings (SSSR count). The number of esters is 1. The summed E-state index contributed by atoms with van der Waals surface area (Å²) in [7, 11) is 0. The van der Waals surface area contributed by atoms with Crippen molar-refractivity contribution in [3.8, 4) is 11.5 Å². The van der Waals surface area contributed by atoms with E-state index in [1.807, 2.05) is 31.2 Å². The number of rotatable bonds is 7. The lowest BCUT2D eigenvalue weighted by molar-refractivity contribution is -0.123. The predicted molar refractivity (Wildman–Crippen MR) is 118 cm³/mol. The lowest BCUT2D eigenvalue weighted by Gasteiger charge is -2.09. The molecule has 0 aliphatic carbocycles. The second-order valence-electron chi connectivity index (χ2n) is 6.29. The number of nitrogens with one attached hydrogen (secondary N) is 1.